The summed E-state index contributed by atoms with van der Waals surface area (Å²) in [5, 5.41) is 0. The first-order chi connectivity index (χ1) is 17.5. The third-order valence-corrected chi connectivity index (χ3v) is 6.08. The van der Waals surface area contributed by atoms with Gasteiger partial charge in [-0.3, -0.25) is 15.0 Å². The van der Waals surface area contributed by atoms with E-state index in [0.717, 1.165) is 12.2 Å². The first kappa shape index (κ1) is 32.0. The minimum Gasteiger partial charge on any atom is -0.285 e. The van der Waals surface area contributed by atoms with Crippen LogP contribution in [-0.4, -0.2) is 22.2 Å². The topological polar surface area (TPSA) is 38.1 Å². The summed E-state index contributed by atoms with van der Waals surface area (Å²) in [6.07, 6.45) is 5.53. The van der Waals surface area contributed by atoms with Gasteiger partial charge >= 0.3 is 0 Å². The Bertz CT molecular complexity index is 945. The second kappa shape index (κ2) is 17.4. The van der Waals surface area contributed by atoms with Crippen LogP contribution in [0.25, 0.3) is 0 Å². The molecule has 3 nitrogen and oxygen atoms in total. The molecule has 0 spiro atoms. The zero-order chi connectivity index (χ0) is 27.8. The van der Waals surface area contributed by atoms with Gasteiger partial charge in [-0.25, -0.2) is 0 Å². The summed E-state index contributed by atoms with van der Waals surface area (Å²) in [6.45, 7) is 22.7. The van der Waals surface area contributed by atoms with E-state index in [1.807, 2.05) is 42.7 Å². The molecule has 3 heteroatoms. The molecular formula is C34H49N3. The molecule has 1 aliphatic heterocycles. The maximum absolute atomic E-state index is 4.36. The molecule has 3 aromatic rings. The van der Waals surface area contributed by atoms with Crippen molar-refractivity contribution < 1.29 is 0 Å². The lowest BCUT2D eigenvalue weighted by Crippen LogP contribution is -2.02. The molecule has 0 amide bonds. The number of nitrogens with zero attached hydrogens (tertiary/aromatic N) is 3. The van der Waals surface area contributed by atoms with Gasteiger partial charge in [-0.15, -0.1) is 0 Å². The van der Waals surface area contributed by atoms with Crippen LogP contribution < -0.4 is 0 Å². The Morgan fingerprint density at radius 3 is 1.49 bits per heavy atom. The summed E-state index contributed by atoms with van der Waals surface area (Å²) >= 11 is 0. The van der Waals surface area contributed by atoms with E-state index in [2.05, 4.69) is 115 Å². The average Bonchev–Trinajstić information content (AvgIpc) is 3.24. The predicted octanol–water partition coefficient (Wildman–Crippen LogP) is 9.65. The van der Waals surface area contributed by atoms with Gasteiger partial charge in [-0.2, -0.15) is 0 Å². The Hall–Kier alpha value is -3.07. The lowest BCUT2D eigenvalue weighted by Gasteiger charge is -2.07. The SMILES string of the molecule is CC(C)c1ccccc1.CC(C)c1ccccn1.CC(C)c1cccnc1.CC1=NCC(C)=C1C(C)C. The van der Waals surface area contributed by atoms with E-state index in [1.165, 1.54) is 28.0 Å². The third kappa shape index (κ3) is 12.6. The van der Waals surface area contributed by atoms with Gasteiger partial charge in [0.15, 0.2) is 0 Å². The summed E-state index contributed by atoms with van der Waals surface area (Å²) in [5.41, 5.74) is 8.05. The standard InChI is InChI=1S/C9H15N.C9H12.2C8H11N/c1-6(2)9-7(3)5-10-8(9)4;1-8(2)9-6-4-3-5-7-9;1-7(2)8-4-3-5-9-6-8;1-7(2)8-5-3-4-6-9-8/h6H,5H2,1-4H3;3-8H,1-2H3;2*3-7H,1-2H3. The van der Waals surface area contributed by atoms with Crippen molar-refractivity contribution in [3.63, 3.8) is 0 Å². The van der Waals surface area contributed by atoms with Crippen LogP contribution in [0.4, 0.5) is 0 Å². The highest BCUT2D eigenvalue weighted by Gasteiger charge is 2.14. The van der Waals surface area contributed by atoms with Crippen LogP contribution in [0.3, 0.4) is 0 Å². The van der Waals surface area contributed by atoms with Crippen LogP contribution in [0.5, 0.6) is 0 Å². The van der Waals surface area contributed by atoms with Crippen molar-refractivity contribution in [3.8, 4) is 0 Å². The summed E-state index contributed by atoms with van der Waals surface area (Å²) < 4.78 is 0. The van der Waals surface area contributed by atoms with E-state index >= 15 is 0 Å². The summed E-state index contributed by atoms with van der Waals surface area (Å²) in [5.74, 6) is 2.45. The second-order valence-electron chi connectivity index (χ2n) is 10.7. The third-order valence-electron chi connectivity index (χ3n) is 6.08. The number of hydrogen-bond acceptors (Lipinski definition) is 3. The molecule has 0 saturated heterocycles. The molecule has 0 fully saturated rings. The number of aliphatic imine (C=N–C) groups is 1. The number of pyridine rings is 2. The molecule has 0 bridgehead atoms. The van der Waals surface area contributed by atoms with E-state index in [9.17, 15) is 0 Å². The molecular weight excluding hydrogens is 450 g/mol. The van der Waals surface area contributed by atoms with Crippen LogP contribution in [0, 0.1) is 5.92 Å². The zero-order valence-corrected chi connectivity index (χ0v) is 24.9. The predicted molar refractivity (Wildman–Crippen MR) is 163 cm³/mol. The molecule has 0 N–H and O–H groups in total. The fourth-order valence-corrected chi connectivity index (χ4v) is 3.90. The van der Waals surface area contributed by atoms with Gasteiger partial charge in [0.1, 0.15) is 0 Å². The number of hydrogen-bond donors (Lipinski definition) is 0. The van der Waals surface area contributed by atoms with E-state index in [1.54, 1.807) is 6.20 Å². The minimum absolute atomic E-state index is 0.547. The first-order valence-electron chi connectivity index (χ1n) is 13.6. The zero-order valence-electron chi connectivity index (χ0n) is 24.9. The van der Waals surface area contributed by atoms with Crippen molar-refractivity contribution in [2.24, 2.45) is 10.9 Å². The van der Waals surface area contributed by atoms with Crippen molar-refractivity contribution in [2.75, 3.05) is 6.54 Å². The molecule has 0 radical (unpaired) electrons. The van der Waals surface area contributed by atoms with Crippen molar-refractivity contribution in [1.82, 2.24) is 9.97 Å². The van der Waals surface area contributed by atoms with Crippen LogP contribution in [0.1, 0.15) is 104 Å². The maximum atomic E-state index is 4.36. The second-order valence-corrected chi connectivity index (χ2v) is 10.7. The number of benzene rings is 1. The van der Waals surface area contributed by atoms with Gasteiger partial charge in [-0.05, 0) is 78.0 Å². The Morgan fingerprint density at radius 1 is 0.595 bits per heavy atom. The molecule has 2 aromatic heterocycles. The van der Waals surface area contributed by atoms with Gasteiger partial charge in [0.25, 0.3) is 0 Å². The highest BCUT2D eigenvalue weighted by molar-refractivity contribution is 6.01. The normalized spacial score (nSPS) is 12.4. The van der Waals surface area contributed by atoms with E-state index in [0.29, 0.717) is 23.7 Å². The molecule has 0 unspecified atom stereocenters. The Labute approximate surface area is 227 Å². The molecule has 0 aliphatic carbocycles. The smallest absolute Gasteiger partial charge is 0.0606 e. The van der Waals surface area contributed by atoms with Crippen molar-refractivity contribution in [2.45, 2.75) is 87.0 Å². The van der Waals surface area contributed by atoms with Crippen LogP contribution in [-0.2, 0) is 0 Å². The molecule has 4 rings (SSSR count). The Balaban J connectivity index is 0.000000247. The van der Waals surface area contributed by atoms with E-state index < -0.39 is 0 Å². The van der Waals surface area contributed by atoms with Crippen molar-refractivity contribution in [3.05, 3.63) is 107 Å². The Morgan fingerprint density at radius 2 is 1.19 bits per heavy atom. The number of rotatable bonds is 4. The fraction of sp³-hybridized carbons (Fsp3) is 0.441. The average molecular weight is 500 g/mol. The van der Waals surface area contributed by atoms with Crippen molar-refractivity contribution in [1.29, 1.82) is 0 Å². The maximum Gasteiger partial charge on any atom is 0.0606 e. The summed E-state index contributed by atoms with van der Waals surface area (Å²) in [6, 6.07) is 20.6. The van der Waals surface area contributed by atoms with Crippen molar-refractivity contribution >= 4 is 5.71 Å². The first-order valence-corrected chi connectivity index (χ1v) is 13.6. The lowest BCUT2D eigenvalue weighted by molar-refractivity contribution is 0.795. The summed E-state index contributed by atoms with van der Waals surface area (Å²) in [7, 11) is 0. The quantitative estimate of drug-likeness (QED) is 0.358. The van der Waals surface area contributed by atoms with E-state index in [-0.39, 0.29) is 0 Å². The largest absolute Gasteiger partial charge is 0.285 e. The number of allylic oxidation sites excluding steroid dienone is 1. The number of aromatic nitrogens is 2. The van der Waals surface area contributed by atoms with Crippen LogP contribution in [0.15, 0.2) is 95.4 Å². The van der Waals surface area contributed by atoms with Gasteiger partial charge in [0.2, 0.25) is 0 Å². The fourth-order valence-electron chi connectivity index (χ4n) is 3.90. The monoisotopic (exact) mass is 499 g/mol. The Kier molecular flexibility index (Phi) is 15.0. The molecule has 200 valence electrons. The molecule has 0 saturated carbocycles. The van der Waals surface area contributed by atoms with Crippen LogP contribution >= 0.6 is 0 Å². The molecule has 1 aliphatic rings. The highest BCUT2D eigenvalue weighted by Crippen LogP contribution is 2.21. The lowest BCUT2D eigenvalue weighted by atomic mass is 9.96. The molecule has 3 heterocycles. The van der Waals surface area contributed by atoms with E-state index in [4.69, 9.17) is 0 Å². The molecule has 1 aromatic carbocycles. The molecule has 0 atom stereocenters. The highest BCUT2D eigenvalue weighted by atomic mass is 14.8. The minimum atomic E-state index is 0.547. The van der Waals surface area contributed by atoms with Gasteiger partial charge in [0.05, 0.1) is 6.54 Å². The van der Waals surface area contributed by atoms with Gasteiger partial charge < -0.3 is 0 Å². The van der Waals surface area contributed by atoms with Gasteiger partial charge in [0, 0.05) is 30.0 Å². The van der Waals surface area contributed by atoms with Crippen LogP contribution in [0.2, 0.25) is 0 Å². The molecule has 37 heavy (non-hydrogen) atoms. The summed E-state index contributed by atoms with van der Waals surface area (Å²) in [4.78, 5) is 12.5. The van der Waals surface area contributed by atoms with Gasteiger partial charge in [-0.1, -0.05) is 97.9 Å².